The number of H-pyrrole nitrogens is 1. The van der Waals surface area contributed by atoms with Crippen molar-refractivity contribution in [2.45, 2.75) is 12.8 Å². The molecule has 8 heteroatoms. The Hall–Kier alpha value is -2.90. The van der Waals surface area contributed by atoms with Crippen LogP contribution in [0.2, 0.25) is 0 Å². The average Bonchev–Trinajstić information content (AvgIpc) is 2.90. The van der Waals surface area contributed by atoms with E-state index in [2.05, 4.69) is 15.2 Å². The first-order valence-corrected chi connectivity index (χ1v) is 6.34. The molecule has 2 rings (SSSR count). The van der Waals surface area contributed by atoms with Crippen LogP contribution in [0.1, 0.15) is 23.5 Å². The number of hydrogen-bond donors (Lipinski definition) is 3. The standard InChI is InChI=1S/C13H15N5O3/c14-13-15-11(16-17-13)12(21)18(8-4-7-10(19)20)9-5-2-1-3-6-9/h1-3,5-6H,4,7-8H2,(H,19,20)(H3,14,15,16,17). The van der Waals surface area contributed by atoms with Crippen LogP contribution in [0.4, 0.5) is 11.6 Å². The van der Waals surface area contributed by atoms with E-state index in [9.17, 15) is 9.59 Å². The fraction of sp³-hybridized carbons (Fsp3) is 0.231. The number of anilines is 2. The Bertz CT molecular complexity index is 626. The molecule has 0 radical (unpaired) electrons. The summed E-state index contributed by atoms with van der Waals surface area (Å²) in [5.41, 5.74) is 6.05. The van der Waals surface area contributed by atoms with Crippen molar-refractivity contribution in [1.29, 1.82) is 0 Å². The molecule has 0 saturated heterocycles. The molecule has 0 fully saturated rings. The van der Waals surface area contributed by atoms with E-state index in [0.717, 1.165) is 0 Å². The Morgan fingerprint density at radius 3 is 2.57 bits per heavy atom. The second-order valence-corrected chi connectivity index (χ2v) is 4.33. The number of nitrogens with one attached hydrogen (secondary N) is 1. The quantitative estimate of drug-likeness (QED) is 0.725. The molecule has 0 unspecified atom stereocenters. The molecule has 0 aliphatic heterocycles. The zero-order chi connectivity index (χ0) is 15.2. The van der Waals surface area contributed by atoms with Crippen molar-refractivity contribution in [3.8, 4) is 0 Å². The molecular weight excluding hydrogens is 274 g/mol. The minimum absolute atomic E-state index is 0.0168. The van der Waals surface area contributed by atoms with Gasteiger partial charge in [0.05, 0.1) is 0 Å². The van der Waals surface area contributed by atoms with E-state index in [0.29, 0.717) is 12.1 Å². The molecule has 21 heavy (non-hydrogen) atoms. The van der Waals surface area contributed by atoms with Gasteiger partial charge in [0, 0.05) is 18.7 Å². The topological polar surface area (TPSA) is 125 Å². The Morgan fingerprint density at radius 1 is 1.29 bits per heavy atom. The fourth-order valence-electron chi connectivity index (χ4n) is 1.84. The summed E-state index contributed by atoms with van der Waals surface area (Å²) in [6.45, 7) is 0.260. The van der Waals surface area contributed by atoms with Crippen LogP contribution in [0.5, 0.6) is 0 Å². The predicted molar refractivity (Wildman–Crippen MR) is 75.8 cm³/mol. The number of carbonyl (C=O) groups excluding carboxylic acids is 1. The normalized spacial score (nSPS) is 10.3. The Labute approximate surface area is 120 Å². The summed E-state index contributed by atoms with van der Waals surface area (Å²) in [5, 5.41) is 14.8. The molecule has 2 aromatic rings. The summed E-state index contributed by atoms with van der Waals surface area (Å²) >= 11 is 0. The van der Waals surface area contributed by atoms with Crippen molar-refractivity contribution >= 4 is 23.5 Å². The molecule has 1 heterocycles. The van der Waals surface area contributed by atoms with Crippen LogP contribution in [0, 0.1) is 0 Å². The first-order valence-electron chi connectivity index (χ1n) is 6.34. The molecule has 0 bridgehead atoms. The number of carbonyl (C=O) groups is 2. The highest BCUT2D eigenvalue weighted by atomic mass is 16.4. The number of nitrogens with zero attached hydrogens (tertiary/aromatic N) is 3. The summed E-state index contributed by atoms with van der Waals surface area (Å²) in [7, 11) is 0. The maximum absolute atomic E-state index is 12.4. The second-order valence-electron chi connectivity index (χ2n) is 4.33. The highest BCUT2D eigenvalue weighted by Gasteiger charge is 2.20. The molecule has 0 saturated carbocycles. The highest BCUT2D eigenvalue weighted by Crippen LogP contribution is 2.16. The summed E-state index contributed by atoms with van der Waals surface area (Å²) in [6.07, 6.45) is 0.314. The molecule has 110 valence electrons. The number of nitrogen functional groups attached to an aromatic ring is 1. The molecule has 1 aromatic carbocycles. The smallest absolute Gasteiger partial charge is 0.303 e. The third-order valence-electron chi connectivity index (χ3n) is 2.79. The van der Waals surface area contributed by atoms with Gasteiger partial charge in [-0.2, -0.15) is 4.98 Å². The van der Waals surface area contributed by atoms with E-state index >= 15 is 0 Å². The van der Waals surface area contributed by atoms with Gasteiger partial charge in [0.1, 0.15) is 0 Å². The summed E-state index contributed by atoms with van der Waals surface area (Å²) in [4.78, 5) is 28.3. The Kier molecular flexibility index (Phi) is 4.50. The van der Waals surface area contributed by atoms with Crippen molar-refractivity contribution in [2.24, 2.45) is 0 Å². The minimum atomic E-state index is -0.903. The Balaban J connectivity index is 2.19. The van der Waals surface area contributed by atoms with Gasteiger partial charge in [-0.3, -0.25) is 14.7 Å². The molecule has 0 atom stereocenters. The first-order chi connectivity index (χ1) is 10.1. The number of aromatic nitrogens is 3. The third-order valence-corrected chi connectivity index (χ3v) is 2.79. The maximum atomic E-state index is 12.4. The third kappa shape index (κ3) is 3.78. The molecule has 8 nitrogen and oxygen atoms in total. The van der Waals surface area contributed by atoms with Gasteiger partial charge >= 0.3 is 5.97 Å². The van der Waals surface area contributed by atoms with Crippen LogP contribution in [0.25, 0.3) is 0 Å². The fourth-order valence-corrected chi connectivity index (χ4v) is 1.84. The van der Waals surface area contributed by atoms with Crippen LogP contribution in [0.3, 0.4) is 0 Å². The van der Waals surface area contributed by atoms with Gasteiger partial charge in [-0.1, -0.05) is 18.2 Å². The van der Waals surface area contributed by atoms with Crippen molar-refractivity contribution < 1.29 is 14.7 Å². The zero-order valence-electron chi connectivity index (χ0n) is 11.2. The molecule has 1 aromatic heterocycles. The number of amides is 1. The van der Waals surface area contributed by atoms with Crippen molar-refractivity contribution in [3.05, 3.63) is 36.2 Å². The van der Waals surface area contributed by atoms with Gasteiger partial charge in [-0.25, -0.2) is 0 Å². The monoisotopic (exact) mass is 289 g/mol. The number of benzene rings is 1. The summed E-state index contributed by atoms with van der Waals surface area (Å²) in [6, 6.07) is 8.94. The van der Waals surface area contributed by atoms with Gasteiger partial charge in [0.25, 0.3) is 5.91 Å². The van der Waals surface area contributed by atoms with E-state index in [1.807, 2.05) is 6.07 Å². The largest absolute Gasteiger partial charge is 0.481 e. The SMILES string of the molecule is Nc1n[nH]c(C(=O)N(CCCC(=O)O)c2ccccc2)n1. The number of para-hydroxylation sites is 1. The van der Waals surface area contributed by atoms with Crippen LogP contribution in [-0.2, 0) is 4.79 Å². The van der Waals surface area contributed by atoms with Gasteiger partial charge in [0.2, 0.25) is 11.8 Å². The van der Waals surface area contributed by atoms with Crippen LogP contribution in [0.15, 0.2) is 30.3 Å². The number of aliphatic carboxylic acids is 1. The highest BCUT2D eigenvalue weighted by molar-refractivity contribution is 6.03. The minimum Gasteiger partial charge on any atom is -0.481 e. The lowest BCUT2D eigenvalue weighted by Crippen LogP contribution is -2.33. The van der Waals surface area contributed by atoms with Crippen LogP contribution >= 0.6 is 0 Å². The van der Waals surface area contributed by atoms with Gasteiger partial charge < -0.3 is 15.7 Å². The van der Waals surface area contributed by atoms with E-state index in [1.54, 1.807) is 24.3 Å². The van der Waals surface area contributed by atoms with E-state index in [4.69, 9.17) is 10.8 Å². The summed E-state index contributed by atoms with van der Waals surface area (Å²) in [5.74, 6) is -1.31. The van der Waals surface area contributed by atoms with E-state index in [-0.39, 0.29) is 24.7 Å². The van der Waals surface area contributed by atoms with Gasteiger partial charge in [-0.05, 0) is 18.6 Å². The van der Waals surface area contributed by atoms with Gasteiger partial charge in [0.15, 0.2) is 0 Å². The number of carboxylic acids is 1. The lowest BCUT2D eigenvalue weighted by molar-refractivity contribution is -0.137. The average molecular weight is 289 g/mol. The van der Waals surface area contributed by atoms with Crippen LogP contribution < -0.4 is 10.6 Å². The van der Waals surface area contributed by atoms with Crippen molar-refractivity contribution in [1.82, 2.24) is 15.2 Å². The molecule has 4 N–H and O–H groups in total. The van der Waals surface area contributed by atoms with Gasteiger partial charge in [-0.15, -0.1) is 5.10 Å². The molecular formula is C13H15N5O3. The first kappa shape index (κ1) is 14.5. The zero-order valence-corrected chi connectivity index (χ0v) is 11.2. The molecule has 1 amide bonds. The van der Waals surface area contributed by atoms with Crippen molar-refractivity contribution in [3.63, 3.8) is 0 Å². The number of hydrogen-bond acceptors (Lipinski definition) is 5. The lowest BCUT2D eigenvalue weighted by Gasteiger charge is -2.21. The number of nitrogens with two attached hydrogens (primary N) is 1. The van der Waals surface area contributed by atoms with E-state index < -0.39 is 11.9 Å². The molecule has 0 aliphatic rings. The second kappa shape index (κ2) is 6.51. The van der Waals surface area contributed by atoms with E-state index in [1.165, 1.54) is 4.90 Å². The Morgan fingerprint density at radius 2 is 2.00 bits per heavy atom. The lowest BCUT2D eigenvalue weighted by atomic mass is 10.2. The molecule has 0 spiro atoms. The number of rotatable bonds is 6. The number of carboxylic acid groups (broad SMARTS) is 1. The maximum Gasteiger partial charge on any atom is 0.303 e. The summed E-state index contributed by atoms with van der Waals surface area (Å²) < 4.78 is 0. The molecule has 0 aliphatic carbocycles. The van der Waals surface area contributed by atoms with Crippen LogP contribution in [-0.4, -0.2) is 38.7 Å². The number of aromatic amines is 1. The predicted octanol–water partition coefficient (Wildman–Crippen LogP) is 0.898. The van der Waals surface area contributed by atoms with Crippen molar-refractivity contribution in [2.75, 3.05) is 17.2 Å².